The van der Waals surface area contributed by atoms with Gasteiger partial charge in [0.05, 0.1) is 30.9 Å². The highest BCUT2D eigenvalue weighted by atomic mass is 79.9. The summed E-state index contributed by atoms with van der Waals surface area (Å²) in [4.78, 5) is 56.9. The van der Waals surface area contributed by atoms with Crippen LogP contribution in [0, 0.1) is 5.92 Å². The van der Waals surface area contributed by atoms with Crippen molar-refractivity contribution in [2.24, 2.45) is 5.92 Å². The number of nitrogens with zero attached hydrogens (tertiary/aromatic N) is 1. The maximum Gasteiger partial charge on any atom is 0.305 e. The Kier molecular flexibility index (Phi) is 8.03. The number of benzene rings is 3. The number of imide groups is 1. The van der Waals surface area contributed by atoms with Crippen molar-refractivity contribution in [3.8, 4) is 17.2 Å². The summed E-state index contributed by atoms with van der Waals surface area (Å²) < 4.78 is 17.3. The Morgan fingerprint density at radius 2 is 1.70 bits per heavy atom. The Labute approximate surface area is 262 Å². The number of thiazole rings is 1. The third-order valence-corrected chi connectivity index (χ3v) is 10.1. The van der Waals surface area contributed by atoms with Gasteiger partial charge in [-0.1, -0.05) is 45.1 Å². The maximum absolute atomic E-state index is 13.9. The fourth-order valence-electron chi connectivity index (χ4n) is 5.23. The summed E-state index contributed by atoms with van der Waals surface area (Å²) >= 11 is 5.63. The molecule has 3 atom stereocenters. The van der Waals surface area contributed by atoms with Crippen LogP contribution in [-0.4, -0.2) is 48.8 Å². The summed E-state index contributed by atoms with van der Waals surface area (Å²) in [7, 11) is 3.04. The van der Waals surface area contributed by atoms with Crippen LogP contribution in [0.3, 0.4) is 0 Å². The number of nitrogens with one attached hydrogen (secondary N) is 2. The summed E-state index contributed by atoms with van der Waals surface area (Å²) in [6.07, 6.45) is 0. The van der Waals surface area contributed by atoms with Gasteiger partial charge in [0.15, 0.2) is 18.1 Å². The van der Waals surface area contributed by atoms with E-state index < -0.39 is 17.1 Å². The van der Waals surface area contributed by atoms with Crippen molar-refractivity contribution in [1.29, 1.82) is 0 Å². The topological polar surface area (TPSA) is 127 Å². The minimum atomic E-state index is -0.744. The molecule has 0 bridgehead atoms. The lowest BCUT2D eigenvalue weighted by Crippen LogP contribution is -2.32. The van der Waals surface area contributed by atoms with Crippen LogP contribution in [0.25, 0.3) is 0 Å². The van der Waals surface area contributed by atoms with Crippen molar-refractivity contribution in [3.63, 3.8) is 0 Å². The van der Waals surface area contributed by atoms with Gasteiger partial charge in [-0.3, -0.25) is 19.2 Å². The summed E-state index contributed by atoms with van der Waals surface area (Å²) in [5.41, 5.74) is 1.76. The number of aromatic amines is 1. The van der Waals surface area contributed by atoms with E-state index in [0.717, 1.165) is 15.8 Å². The van der Waals surface area contributed by atoms with Crippen molar-refractivity contribution >= 4 is 68.1 Å². The lowest BCUT2D eigenvalue weighted by atomic mass is 9.83. The third kappa shape index (κ3) is 5.55. The number of thioether (sulfide) groups is 1. The van der Waals surface area contributed by atoms with Crippen LogP contribution in [0.5, 0.6) is 17.2 Å². The molecule has 0 aliphatic carbocycles. The van der Waals surface area contributed by atoms with Gasteiger partial charge in [-0.25, -0.2) is 4.90 Å². The molecule has 6 rings (SSSR count). The Morgan fingerprint density at radius 1 is 0.953 bits per heavy atom. The molecule has 3 aromatic carbocycles. The number of carbonyl (C=O) groups excluding carboxylic acids is 3. The van der Waals surface area contributed by atoms with Crippen LogP contribution in [0.15, 0.2) is 81.0 Å². The van der Waals surface area contributed by atoms with Crippen LogP contribution in [0.4, 0.5) is 11.4 Å². The molecule has 43 heavy (non-hydrogen) atoms. The second kappa shape index (κ2) is 11.9. The van der Waals surface area contributed by atoms with E-state index in [1.54, 1.807) is 73.8 Å². The third-order valence-electron chi connectivity index (χ3n) is 7.19. The first kappa shape index (κ1) is 29.0. The number of anilines is 2. The van der Waals surface area contributed by atoms with E-state index in [0.29, 0.717) is 44.1 Å². The standard InChI is InChI=1S/C30H24BrN3O7S2/c1-39-19-10-6-17(7-11-19)32-22(35)14-41-20-12-3-15(13-21(20)40-2)23-24-26(42-27-25(23)43-30(38)33-27)29(37)34(28(24)36)18-8-4-16(31)5-9-18/h3-13,23-24,26H,14H2,1-2H3,(H,32,35)(H,33,38). The molecule has 2 N–H and O–H groups in total. The molecular formula is C30H24BrN3O7S2. The van der Waals surface area contributed by atoms with Crippen LogP contribution >= 0.6 is 39.0 Å². The predicted molar refractivity (Wildman–Crippen MR) is 167 cm³/mol. The minimum Gasteiger partial charge on any atom is -0.497 e. The largest absolute Gasteiger partial charge is 0.497 e. The number of ether oxygens (including phenoxy) is 3. The molecule has 2 aliphatic heterocycles. The quantitative estimate of drug-likeness (QED) is 0.248. The van der Waals surface area contributed by atoms with Gasteiger partial charge in [-0.2, -0.15) is 0 Å². The van der Waals surface area contributed by atoms with Crippen molar-refractivity contribution in [1.82, 2.24) is 4.98 Å². The number of fused-ring (bicyclic) bond motifs is 2. The van der Waals surface area contributed by atoms with Crippen molar-refractivity contribution < 1.29 is 28.6 Å². The lowest BCUT2D eigenvalue weighted by molar-refractivity contribution is -0.122. The Balaban J connectivity index is 1.27. The highest BCUT2D eigenvalue weighted by Gasteiger charge is 2.56. The fourth-order valence-corrected chi connectivity index (χ4v) is 8.01. The van der Waals surface area contributed by atoms with Gasteiger partial charge in [-0.05, 0) is 66.2 Å². The van der Waals surface area contributed by atoms with Gasteiger partial charge < -0.3 is 24.5 Å². The number of rotatable bonds is 8. The van der Waals surface area contributed by atoms with E-state index in [2.05, 4.69) is 26.2 Å². The number of hydrogen-bond acceptors (Lipinski definition) is 9. The van der Waals surface area contributed by atoms with Gasteiger partial charge in [0.1, 0.15) is 11.0 Å². The summed E-state index contributed by atoms with van der Waals surface area (Å²) in [5, 5.41) is 2.62. The molecule has 1 aromatic heterocycles. The summed E-state index contributed by atoms with van der Waals surface area (Å²) in [6.45, 7) is -0.273. The SMILES string of the molecule is COc1ccc(NC(=O)COc2ccc(C3c4sc(=O)[nH]c4SC4C(=O)N(c5ccc(Br)cc5)C(=O)C43)cc2OC)cc1. The molecular weight excluding hydrogens is 658 g/mol. The van der Waals surface area contributed by atoms with E-state index in [4.69, 9.17) is 14.2 Å². The Hall–Kier alpha value is -4.07. The molecule has 1 fully saturated rings. The molecule has 2 aliphatic rings. The molecule has 10 nitrogen and oxygen atoms in total. The Morgan fingerprint density at radius 3 is 2.40 bits per heavy atom. The van der Waals surface area contributed by atoms with Crippen LogP contribution in [0.2, 0.25) is 0 Å². The zero-order chi connectivity index (χ0) is 30.2. The van der Waals surface area contributed by atoms with E-state index in [-0.39, 0.29) is 29.2 Å². The van der Waals surface area contributed by atoms with E-state index >= 15 is 0 Å². The van der Waals surface area contributed by atoms with E-state index in [1.165, 1.54) is 23.8 Å². The number of methoxy groups -OCH3 is 2. The average Bonchev–Trinajstić information content (AvgIpc) is 3.50. The normalized spacial score (nSPS) is 19.0. The second-order valence-electron chi connectivity index (χ2n) is 9.71. The van der Waals surface area contributed by atoms with Crippen molar-refractivity contribution in [3.05, 3.63) is 91.3 Å². The van der Waals surface area contributed by atoms with Crippen LogP contribution < -0.4 is 29.3 Å². The summed E-state index contributed by atoms with van der Waals surface area (Å²) in [6, 6.07) is 19.1. The number of halogens is 1. The first-order valence-corrected chi connectivity index (χ1v) is 15.5. The van der Waals surface area contributed by atoms with Crippen LogP contribution in [-0.2, 0) is 14.4 Å². The molecule has 0 spiro atoms. The second-order valence-corrected chi connectivity index (χ2v) is 12.8. The van der Waals surface area contributed by atoms with Gasteiger partial charge in [0.25, 0.3) is 5.91 Å². The number of aromatic nitrogens is 1. The predicted octanol–water partition coefficient (Wildman–Crippen LogP) is 5.03. The molecule has 4 aromatic rings. The van der Waals surface area contributed by atoms with Gasteiger partial charge in [-0.15, -0.1) is 0 Å². The highest BCUT2D eigenvalue weighted by molar-refractivity contribution is 9.10. The maximum atomic E-state index is 13.9. The van der Waals surface area contributed by atoms with E-state index in [9.17, 15) is 19.2 Å². The number of amides is 3. The number of H-pyrrole nitrogens is 1. The first-order chi connectivity index (χ1) is 20.8. The van der Waals surface area contributed by atoms with Crippen molar-refractivity contribution in [2.75, 3.05) is 31.0 Å². The molecule has 3 heterocycles. The fraction of sp³-hybridized carbons (Fsp3) is 0.200. The monoisotopic (exact) mass is 681 g/mol. The zero-order valence-corrected chi connectivity index (χ0v) is 26.0. The molecule has 1 saturated heterocycles. The van der Waals surface area contributed by atoms with Crippen molar-refractivity contribution in [2.45, 2.75) is 16.2 Å². The lowest BCUT2D eigenvalue weighted by Gasteiger charge is -2.30. The number of carbonyl (C=O) groups is 3. The Bertz CT molecular complexity index is 1770. The smallest absolute Gasteiger partial charge is 0.305 e. The molecule has 0 radical (unpaired) electrons. The molecule has 13 heteroatoms. The molecule has 220 valence electrons. The van der Waals surface area contributed by atoms with Gasteiger partial charge in [0, 0.05) is 21.0 Å². The number of hydrogen-bond donors (Lipinski definition) is 2. The van der Waals surface area contributed by atoms with Gasteiger partial charge >= 0.3 is 4.87 Å². The molecule has 3 amide bonds. The summed E-state index contributed by atoms with van der Waals surface area (Å²) in [5.74, 6) is -1.02. The zero-order valence-electron chi connectivity index (χ0n) is 22.8. The van der Waals surface area contributed by atoms with E-state index in [1.807, 2.05) is 0 Å². The van der Waals surface area contributed by atoms with Crippen LogP contribution in [0.1, 0.15) is 16.4 Å². The first-order valence-electron chi connectivity index (χ1n) is 13.0. The molecule has 3 unspecified atom stereocenters. The highest BCUT2D eigenvalue weighted by Crippen LogP contribution is 2.53. The molecule has 0 saturated carbocycles. The minimum absolute atomic E-state index is 0.262. The van der Waals surface area contributed by atoms with Gasteiger partial charge in [0.2, 0.25) is 11.8 Å². The average molecular weight is 683 g/mol.